The van der Waals surface area contributed by atoms with Crippen LogP contribution in [0.25, 0.3) is 0 Å². The van der Waals surface area contributed by atoms with Gasteiger partial charge < -0.3 is 15.4 Å². The van der Waals surface area contributed by atoms with Crippen LogP contribution in [0.4, 0.5) is 11.4 Å². The molecule has 0 saturated heterocycles. The molecule has 2 amide bonds. The number of methoxy groups -OCH3 is 1. The molecule has 0 fully saturated rings. The molecule has 136 valence electrons. The summed E-state index contributed by atoms with van der Waals surface area (Å²) >= 11 is 0. The molecule has 0 spiro atoms. The maximum atomic E-state index is 12.6. The van der Waals surface area contributed by atoms with Gasteiger partial charge in [-0.25, -0.2) is 0 Å². The van der Waals surface area contributed by atoms with Crippen molar-refractivity contribution in [3.05, 3.63) is 90.0 Å². The molecule has 0 atom stereocenters. The number of carbonyl (C=O) groups is 2. The Labute approximate surface area is 158 Å². The molecule has 0 aromatic heterocycles. The average molecular weight is 360 g/mol. The number of hydrogen-bond acceptors (Lipinski definition) is 3. The van der Waals surface area contributed by atoms with Gasteiger partial charge in [-0.15, -0.1) is 0 Å². The third kappa shape index (κ3) is 4.95. The SMILES string of the molecule is COc1ccc(CC(=O)Nc2ccccc2C(=O)Nc2ccccc2)cc1. The first kappa shape index (κ1) is 18.2. The molecule has 5 heteroatoms. The first-order valence-corrected chi connectivity index (χ1v) is 8.54. The monoisotopic (exact) mass is 360 g/mol. The van der Waals surface area contributed by atoms with Crippen molar-refractivity contribution in [1.82, 2.24) is 0 Å². The standard InChI is InChI=1S/C22H20N2O3/c1-27-18-13-11-16(12-14-18)15-21(25)24-20-10-6-5-9-19(20)22(26)23-17-7-3-2-4-8-17/h2-14H,15H2,1H3,(H,23,26)(H,24,25). The van der Waals surface area contributed by atoms with E-state index in [2.05, 4.69) is 10.6 Å². The van der Waals surface area contributed by atoms with Gasteiger partial charge in [0.05, 0.1) is 24.8 Å². The van der Waals surface area contributed by atoms with Crippen molar-refractivity contribution in [2.24, 2.45) is 0 Å². The zero-order valence-electron chi connectivity index (χ0n) is 14.9. The van der Waals surface area contributed by atoms with Gasteiger partial charge >= 0.3 is 0 Å². The van der Waals surface area contributed by atoms with E-state index in [1.807, 2.05) is 54.6 Å². The summed E-state index contributed by atoms with van der Waals surface area (Å²) in [5.74, 6) is 0.267. The van der Waals surface area contributed by atoms with Crippen molar-refractivity contribution >= 4 is 23.2 Å². The van der Waals surface area contributed by atoms with Crippen molar-refractivity contribution in [1.29, 1.82) is 0 Å². The summed E-state index contributed by atoms with van der Waals surface area (Å²) in [4.78, 5) is 25.0. The lowest BCUT2D eigenvalue weighted by Gasteiger charge is -2.12. The van der Waals surface area contributed by atoms with E-state index in [4.69, 9.17) is 4.74 Å². The Hall–Kier alpha value is -3.60. The number of ether oxygens (including phenoxy) is 1. The second-order valence-electron chi connectivity index (χ2n) is 5.94. The molecule has 0 bridgehead atoms. The second kappa shape index (κ2) is 8.67. The topological polar surface area (TPSA) is 67.4 Å². The van der Waals surface area contributed by atoms with Crippen molar-refractivity contribution in [3.8, 4) is 5.75 Å². The molecule has 3 aromatic rings. The summed E-state index contributed by atoms with van der Waals surface area (Å²) in [7, 11) is 1.60. The highest BCUT2D eigenvalue weighted by molar-refractivity contribution is 6.10. The van der Waals surface area contributed by atoms with Gasteiger partial charge in [0.15, 0.2) is 0 Å². The number of nitrogens with one attached hydrogen (secondary N) is 2. The third-order valence-corrected chi connectivity index (χ3v) is 4.00. The molecular weight excluding hydrogens is 340 g/mol. The highest BCUT2D eigenvalue weighted by atomic mass is 16.5. The lowest BCUT2D eigenvalue weighted by molar-refractivity contribution is -0.115. The zero-order chi connectivity index (χ0) is 19.1. The van der Waals surface area contributed by atoms with E-state index >= 15 is 0 Å². The summed E-state index contributed by atoms with van der Waals surface area (Å²) in [6, 6.07) is 23.4. The molecule has 0 aliphatic heterocycles. The summed E-state index contributed by atoms with van der Waals surface area (Å²) in [6.07, 6.45) is 0.207. The Balaban J connectivity index is 1.69. The fourth-order valence-electron chi connectivity index (χ4n) is 2.63. The van der Waals surface area contributed by atoms with Crippen LogP contribution in [0.3, 0.4) is 0 Å². The van der Waals surface area contributed by atoms with Gasteiger partial charge in [-0.2, -0.15) is 0 Å². The fraction of sp³-hybridized carbons (Fsp3) is 0.0909. The van der Waals surface area contributed by atoms with E-state index in [1.54, 1.807) is 31.4 Å². The van der Waals surface area contributed by atoms with Crippen LogP contribution < -0.4 is 15.4 Å². The predicted octanol–water partition coefficient (Wildman–Crippen LogP) is 4.13. The number of carbonyl (C=O) groups excluding carboxylic acids is 2. The summed E-state index contributed by atoms with van der Waals surface area (Å²) in [5, 5.41) is 5.65. The Morgan fingerprint density at radius 1 is 0.815 bits per heavy atom. The molecule has 0 unspecified atom stereocenters. The third-order valence-electron chi connectivity index (χ3n) is 4.00. The maximum Gasteiger partial charge on any atom is 0.257 e. The fourth-order valence-corrected chi connectivity index (χ4v) is 2.63. The minimum absolute atomic E-state index is 0.194. The largest absolute Gasteiger partial charge is 0.497 e. The van der Waals surface area contributed by atoms with E-state index in [0.717, 1.165) is 11.3 Å². The number of para-hydroxylation sites is 2. The molecule has 0 saturated carbocycles. The normalized spacial score (nSPS) is 10.1. The van der Waals surface area contributed by atoms with Gasteiger partial charge in [0.2, 0.25) is 5.91 Å². The molecule has 27 heavy (non-hydrogen) atoms. The molecule has 3 rings (SSSR count). The van der Waals surface area contributed by atoms with Gasteiger partial charge in [-0.05, 0) is 42.0 Å². The number of rotatable bonds is 6. The molecule has 0 radical (unpaired) electrons. The lowest BCUT2D eigenvalue weighted by Crippen LogP contribution is -2.19. The van der Waals surface area contributed by atoms with E-state index < -0.39 is 0 Å². The summed E-state index contributed by atoms with van der Waals surface area (Å²) in [6.45, 7) is 0. The number of amides is 2. The van der Waals surface area contributed by atoms with Crippen LogP contribution in [0.5, 0.6) is 5.75 Å². The van der Waals surface area contributed by atoms with Crippen molar-refractivity contribution in [2.75, 3.05) is 17.7 Å². The van der Waals surface area contributed by atoms with Gasteiger partial charge in [-0.3, -0.25) is 9.59 Å². The van der Waals surface area contributed by atoms with Gasteiger partial charge in [0, 0.05) is 5.69 Å². The summed E-state index contributed by atoms with van der Waals surface area (Å²) < 4.78 is 5.12. The molecule has 5 nitrogen and oxygen atoms in total. The highest BCUT2D eigenvalue weighted by Gasteiger charge is 2.13. The predicted molar refractivity (Wildman–Crippen MR) is 106 cm³/mol. The first-order chi connectivity index (χ1) is 13.2. The quantitative estimate of drug-likeness (QED) is 0.695. The smallest absolute Gasteiger partial charge is 0.257 e. The van der Waals surface area contributed by atoms with E-state index in [1.165, 1.54) is 0 Å². The molecular formula is C22H20N2O3. The molecule has 0 aliphatic rings. The molecule has 0 heterocycles. The van der Waals surface area contributed by atoms with E-state index in [0.29, 0.717) is 16.9 Å². The number of benzene rings is 3. The van der Waals surface area contributed by atoms with Crippen molar-refractivity contribution in [3.63, 3.8) is 0 Å². The zero-order valence-corrected chi connectivity index (χ0v) is 14.9. The molecule has 3 aromatic carbocycles. The highest BCUT2D eigenvalue weighted by Crippen LogP contribution is 2.18. The van der Waals surface area contributed by atoms with Crippen LogP contribution in [-0.2, 0) is 11.2 Å². The Kier molecular flexibility index (Phi) is 5.84. The van der Waals surface area contributed by atoms with Gasteiger partial charge in [0.25, 0.3) is 5.91 Å². The van der Waals surface area contributed by atoms with Crippen molar-refractivity contribution < 1.29 is 14.3 Å². The summed E-state index contributed by atoms with van der Waals surface area (Å²) in [5.41, 5.74) is 2.44. The maximum absolute atomic E-state index is 12.6. The average Bonchev–Trinajstić information content (AvgIpc) is 2.69. The first-order valence-electron chi connectivity index (χ1n) is 8.54. The molecule has 2 N–H and O–H groups in total. The van der Waals surface area contributed by atoms with Crippen molar-refractivity contribution in [2.45, 2.75) is 6.42 Å². The van der Waals surface area contributed by atoms with Gasteiger partial charge in [-0.1, -0.05) is 42.5 Å². The lowest BCUT2D eigenvalue weighted by atomic mass is 10.1. The van der Waals surface area contributed by atoms with Crippen LogP contribution in [0.2, 0.25) is 0 Å². The van der Waals surface area contributed by atoms with Gasteiger partial charge in [0.1, 0.15) is 5.75 Å². The second-order valence-corrected chi connectivity index (χ2v) is 5.94. The van der Waals surface area contributed by atoms with Crippen LogP contribution in [-0.4, -0.2) is 18.9 Å². The Morgan fingerprint density at radius 2 is 1.48 bits per heavy atom. The Bertz CT molecular complexity index is 922. The van der Waals surface area contributed by atoms with E-state index in [-0.39, 0.29) is 18.2 Å². The Morgan fingerprint density at radius 3 is 2.19 bits per heavy atom. The minimum Gasteiger partial charge on any atom is -0.497 e. The van der Waals surface area contributed by atoms with Crippen LogP contribution in [0.1, 0.15) is 15.9 Å². The number of anilines is 2. The molecule has 0 aliphatic carbocycles. The number of hydrogen-bond donors (Lipinski definition) is 2. The van der Waals surface area contributed by atoms with Crippen LogP contribution in [0.15, 0.2) is 78.9 Å². The van der Waals surface area contributed by atoms with E-state index in [9.17, 15) is 9.59 Å². The van der Waals surface area contributed by atoms with Crippen LogP contribution in [0, 0.1) is 0 Å². The van der Waals surface area contributed by atoms with Crippen LogP contribution >= 0.6 is 0 Å². The minimum atomic E-state index is -0.276.